The Hall–Kier alpha value is -3.17. The number of para-hydroxylation sites is 1. The van der Waals surface area contributed by atoms with Crippen LogP contribution in [0.25, 0.3) is 11.4 Å². The highest BCUT2D eigenvalue weighted by Crippen LogP contribution is 2.37. The Labute approximate surface area is 222 Å². The topological polar surface area (TPSA) is 138 Å². The predicted octanol–water partition coefficient (Wildman–Crippen LogP) is 4.71. The lowest BCUT2D eigenvalue weighted by atomic mass is 10.1. The zero-order valence-electron chi connectivity index (χ0n) is 19.1. The second kappa shape index (κ2) is 11.5. The van der Waals surface area contributed by atoms with Gasteiger partial charge < -0.3 is 15.0 Å². The lowest BCUT2D eigenvalue weighted by Gasteiger charge is -2.11. The van der Waals surface area contributed by atoms with E-state index in [4.69, 9.17) is 15.0 Å². The predicted molar refractivity (Wildman–Crippen MR) is 135 cm³/mol. The third-order valence-electron chi connectivity index (χ3n) is 4.56. The molecule has 0 atom stereocenters. The van der Waals surface area contributed by atoms with Crippen molar-refractivity contribution in [2.75, 3.05) is 18.5 Å². The van der Waals surface area contributed by atoms with Crippen LogP contribution in [0.1, 0.15) is 11.5 Å². The first-order chi connectivity index (χ1) is 17.3. The van der Waals surface area contributed by atoms with Crippen molar-refractivity contribution in [2.24, 2.45) is 10.7 Å². The second-order valence-electron chi connectivity index (χ2n) is 7.26. The SMILES string of the molecule is CSCOC(=O)C(N)=C(Br)C(=Nc1ccccc1C(F)(F)F)c1nc(-c2cccc(S(C)(=O)=O)c2)no1. The molecule has 0 spiro atoms. The number of nitrogens with zero attached hydrogens (tertiary/aromatic N) is 3. The number of carbonyl (C=O) groups excluding carboxylic acids is 1. The normalized spacial score (nSPS) is 13.3. The van der Waals surface area contributed by atoms with Crippen LogP contribution in [0, 0.1) is 0 Å². The average Bonchev–Trinajstić information content (AvgIpc) is 3.34. The monoisotopic (exact) mass is 618 g/mol. The van der Waals surface area contributed by atoms with Gasteiger partial charge in [-0.3, -0.25) is 0 Å². The van der Waals surface area contributed by atoms with Crippen LogP contribution in [0.5, 0.6) is 0 Å². The van der Waals surface area contributed by atoms with Gasteiger partial charge >= 0.3 is 12.1 Å². The first-order valence-corrected chi connectivity index (χ1v) is 14.1. The fourth-order valence-corrected chi connectivity index (χ4v) is 4.14. The van der Waals surface area contributed by atoms with E-state index in [1.54, 1.807) is 6.26 Å². The number of ether oxygens (including phenoxy) is 1. The summed E-state index contributed by atoms with van der Waals surface area (Å²) < 4.78 is 74.5. The number of halogens is 4. The molecule has 2 N–H and O–H groups in total. The van der Waals surface area contributed by atoms with Crippen molar-refractivity contribution < 1.29 is 35.6 Å². The number of carbonyl (C=O) groups is 1. The number of aromatic nitrogens is 2. The van der Waals surface area contributed by atoms with Crippen LogP contribution in [-0.4, -0.2) is 48.7 Å². The van der Waals surface area contributed by atoms with E-state index in [0.29, 0.717) is 0 Å². The third kappa shape index (κ3) is 6.99. The van der Waals surface area contributed by atoms with Crippen molar-refractivity contribution in [1.82, 2.24) is 10.1 Å². The number of benzene rings is 2. The summed E-state index contributed by atoms with van der Waals surface area (Å²) >= 11 is 4.30. The van der Waals surface area contributed by atoms with Crippen LogP contribution in [0.2, 0.25) is 0 Å². The van der Waals surface area contributed by atoms with E-state index in [9.17, 15) is 26.4 Å². The number of aliphatic imine (C=N–C) groups is 1. The van der Waals surface area contributed by atoms with Crippen molar-refractivity contribution in [3.8, 4) is 11.4 Å². The lowest BCUT2D eigenvalue weighted by molar-refractivity contribution is -0.137. The molecule has 0 saturated heterocycles. The van der Waals surface area contributed by atoms with Crippen LogP contribution in [0.15, 0.2) is 73.1 Å². The Morgan fingerprint density at radius 1 is 1.22 bits per heavy atom. The van der Waals surface area contributed by atoms with Gasteiger partial charge in [0.15, 0.2) is 9.84 Å². The number of hydrogen-bond donors (Lipinski definition) is 1. The van der Waals surface area contributed by atoms with Gasteiger partial charge in [0.25, 0.3) is 5.89 Å². The number of thioether (sulfide) groups is 1. The molecule has 0 unspecified atom stereocenters. The zero-order chi connectivity index (χ0) is 27.4. The number of rotatable bonds is 8. The van der Waals surface area contributed by atoms with Crippen LogP contribution >= 0.6 is 27.7 Å². The molecule has 3 rings (SSSR count). The van der Waals surface area contributed by atoms with Crippen molar-refractivity contribution in [1.29, 1.82) is 0 Å². The number of esters is 1. The summed E-state index contributed by atoms with van der Waals surface area (Å²) in [5.74, 6) is -1.46. The largest absolute Gasteiger partial charge is 0.450 e. The Morgan fingerprint density at radius 3 is 2.57 bits per heavy atom. The molecule has 2 aromatic carbocycles. The number of alkyl halides is 3. The molecule has 0 fully saturated rings. The molecule has 15 heteroatoms. The molecular formula is C22H18BrF3N4O5S2. The van der Waals surface area contributed by atoms with Crippen molar-refractivity contribution in [3.05, 3.63) is 70.2 Å². The molecule has 1 aromatic heterocycles. The molecule has 37 heavy (non-hydrogen) atoms. The zero-order valence-corrected chi connectivity index (χ0v) is 22.3. The van der Waals surface area contributed by atoms with Crippen molar-refractivity contribution in [3.63, 3.8) is 0 Å². The Balaban J connectivity index is 2.19. The second-order valence-corrected chi connectivity index (χ2v) is 10.9. The maximum Gasteiger partial charge on any atom is 0.418 e. The molecule has 196 valence electrons. The number of nitrogens with two attached hydrogens (primary N) is 1. The van der Waals surface area contributed by atoms with Crippen molar-refractivity contribution in [2.45, 2.75) is 11.1 Å². The summed E-state index contributed by atoms with van der Waals surface area (Å²) in [4.78, 5) is 20.5. The van der Waals surface area contributed by atoms with Crippen LogP contribution < -0.4 is 5.73 Å². The van der Waals surface area contributed by atoms with Gasteiger partial charge in [-0.05, 0) is 46.5 Å². The first-order valence-electron chi connectivity index (χ1n) is 10.0. The quantitative estimate of drug-likeness (QED) is 0.165. The lowest BCUT2D eigenvalue weighted by Crippen LogP contribution is -2.19. The highest BCUT2D eigenvalue weighted by atomic mass is 79.9. The Morgan fingerprint density at radius 2 is 1.92 bits per heavy atom. The summed E-state index contributed by atoms with van der Waals surface area (Å²) in [7, 11) is -3.55. The molecule has 0 aliphatic heterocycles. The number of allylic oxidation sites excluding steroid dienone is 1. The van der Waals surface area contributed by atoms with E-state index >= 15 is 0 Å². The summed E-state index contributed by atoms with van der Waals surface area (Å²) in [5, 5.41) is 3.79. The van der Waals surface area contributed by atoms with Gasteiger partial charge in [-0.1, -0.05) is 29.4 Å². The minimum absolute atomic E-state index is 0.00814. The van der Waals surface area contributed by atoms with Gasteiger partial charge in [-0.2, -0.15) is 18.2 Å². The van der Waals surface area contributed by atoms with Crippen LogP contribution in [-0.2, 0) is 25.5 Å². The Bertz CT molecular complexity index is 1490. The fourth-order valence-electron chi connectivity index (χ4n) is 2.83. The summed E-state index contributed by atoms with van der Waals surface area (Å²) in [6.45, 7) is 0. The highest BCUT2D eigenvalue weighted by molar-refractivity contribution is 9.12. The molecule has 0 bridgehead atoms. The van der Waals surface area contributed by atoms with Crippen LogP contribution in [0.3, 0.4) is 0 Å². The molecule has 0 amide bonds. The maximum atomic E-state index is 13.6. The van der Waals surface area contributed by atoms with E-state index in [0.717, 1.165) is 18.4 Å². The van der Waals surface area contributed by atoms with Gasteiger partial charge in [0.05, 0.1) is 20.6 Å². The molecule has 0 aliphatic carbocycles. The number of sulfone groups is 1. The standard InChI is InChI=1S/C22H18BrF3N4O5S2/c1-36-11-34-21(31)17(27)16(23)18(28-15-9-4-3-8-14(15)22(24,25)26)20-29-19(30-35-20)12-6-5-7-13(10-12)37(2,32)33/h3-10H,11,27H2,1-2H3. The highest BCUT2D eigenvalue weighted by Gasteiger charge is 2.34. The minimum atomic E-state index is -4.74. The first kappa shape index (κ1) is 28.4. The Kier molecular flexibility index (Phi) is 8.81. The average molecular weight is 619 g/mol. The third-order valence-corrected chi connectivity index (χ3v) is 6.83. The smallest absolute Gasteiger partial charge is 0.418 e. The van der Waals surface area contributed by atoms with E-state index in [-0.39, 0.29) is 32.4 Å². The van der Waals surface area contributed by atoms with Crippen molar-refractivity contribution >= 4 is 54.9 Å². The molecule has 0 radical (unpaired) electrons. The molecule has 0 aliphatic rings. The maximum absolute atomic E-state index is 13.6. The van der Waals surface area contributed by atoms with E-state index in [1.165, 1.54) is 48.2 Å². The van der Waals surface area contributed by atoms with E-state index in [1.807, 2.05) is 0 Å². The summed E-state index contributed by atoms with van der Waals surface area (Å²) in [6.07, 6.45) is -2.03. The van der Waals surface area contributed by atoms with Gasteiger partial charge in [0.1, 0.15) is 17.3 Å². The molecule has 3 aromatic rings. The van der Waals surface area contributed by atoms with E-state index in [2.05, 4.69) is 31.1 Å². The van der Waals surface area contributed by atoms with Gasteiger partial charge in [-0.15, -0.1) is 11.8 Å². The molecule has 1 heterocycles. The summed E-state index contributed by atoms with van der Waals surface area (Å²) in [5.41, 5.74) is 3.69. The summed E-state index contributed by atoms with van der Waals surface area (Å²) in [6, 6.07) is 10.1. The number of hydrogen-bond acceptors (Lipinski definition) is 10. The van der Waals surface area contributed by atoms with Gasteiger partial charge in [-0.25, -0.2) is 18.2 Å². The molecular weight excluding hydrogens is 601 g/mol. The fraction of sp³-hybridized carbons (Fsp3) is 0.182. The van der Waals surface area contributed by atoms with E-state index < -0.39 is 44.8 Å². The molecule has 9 nitrogen and oxygen atoms in total. The van der Waals surface area contributed by atoms with Crippen LogP contribution in [0.4, 0.5) is 18.9 Å². The minimum Gasteiger partial charge on any atom is -0.450 e. The van der Waals surface area contributed by atoms with Gasteiger partial charge in [0, 0.05) is 11.8 Å². The van der Waals surface area contributed by atoms with Gasteiger partial charge in [0.2, 0.25) is 5.82 Å². The molecule has 0 saturated carbocycles.